The quantitative estimate of drug-likeness (QED) is 0.915. The molecule has 2 aromatic carbocycles. The molecule has 1 aliphatic heterocycles. The van der Waals surface area contributed by atoms with E-state index in [0.29, 0.717) is 5.56 Å². The highest BCUT2D eigenvalue weighted by Gasteiger charge is 2.40. The molecule has 1 aliphatic rings. The van der Waals surface area contributed by atoms with Gasteiger partial charge >= 0.3 is 0 Å². The number of nitrogens with one attached hydrogen (secondary N) is 2. The number of para-hydroxylation sites is 1. The molecule has 112 valence electrons. The third kappa shape index (κ3) is 2.37. The van der Waals surface area contributed by atoms with Crippen molar-refractivity contribution in [3.05, 3.63) is 65.2 Å². The van der Waals surface area contributed by atoms with Crippen molar-refractivity contribution >= 4 is 17.4 Å². The molecule has 0 spiro atoms. The lowest BCUT2D eigenvalue weighted by Gasteiger charge is -2.41. The summed E-state index contributed by atoms with van der Waals surface area (Å²) in [6.07, 6.45) is 0.192. The molecule has 0 aliphatic carbocycles. The Hall–Kier alpha value is -2.62. The number of hydrogen-bond acceptors (Lipinski definition) is 3. The topological polar surface area (TPSA) is 58.2 Å². The van der Waals surface area contributed by atoms with Gasteiger partial charge in [-0.3, -0.25) is 9.59 Å². The Morgan fingerprint density at radius 2 is 1.73 bits per heavy atom. The van der Waals surface area contributed by atoms with Crippen LogP contribution in [0.15, 0.2) is 48.5 Å². The fraction of sp³-hybridized carbons (Fsp3) is 0.222. The molecule has 3 rings (SSSR count). The summed E-state index contributed by atoms with van der Waals surface area (Å²) < 4.78 is 0. The molecule has 1 unspecified atom stereocenters. The predicted molar refractivity (Wildman–Crippen MR) is 85.7 cm³/mol. The zero-order valence-corrected chi connectivity index (χ0v) is 12.6. The summed E-state index contributed by atoms with van der Waals surface area (Å²) in [5.41, 5.74) is 2.37. The predicted octanol–water partition coefficient (Wildman–Crippen LogP) is 2.98. The second-order valence-corrected chi connectivity index (χ2v) is 5.72. The number of benzene rings is 2. The molecule has 0 saturated heterocycles. The van der Waals surface area contributed by atoms with Crippen molar-refractivity contribution in [3.8, 4) is 0 Å². The lowest BCUT2D eigenvalue weighted by molar-refractivity contribution is -0.118. The molecule has 0 radical (unpaired) electrons. The van der Waals surface area contributed by atoms with E-state index in [2.05, 4.69) is 10.6 Å². The van der Waals surface area contributed by atoms with Gasteiger partial charge in [-0.25, -0.2) is 0 Å². The number of ketones is 1. The third-order valence-electron chi connectivity index (χ3n) is 3.97. The Kier molecular flexibility index (Phi) is 3.45. The number of fused-ring (bicyclic) bond motifs is 1. The van der Waals surface area contributed by atoms with E-state index in [1.165, 1.54) is 6.92 Å². The summed E-state index contributed by atoms with van der Waals surface area (Å²) in [4.78, 5) is 24.3. The van der Waals surface area contributed by atoms with Crippen LogP contribution in [0.25, 0.3) is 0 Å². The molecule has 1 amide bonds. The lowest BCUT2D eigenvalue weighted by Crippen LogP contribution is -2.56. The first kappa shape index (κ1) is 14.3. The van der Waals surface area contributed by atoms with Crippen LogP contribution < -0.4 is 10.6 Å². The number of Topliss-reactive ketones (excluding diaryl/α,β-unsaturated/α-hetero) is 1. The molecule has 0 aromatic heterocycles. The molecule has 4 nitrogen and oxygen atoms in total. The number of amides is 1. The first-order valence-corrected chi connectivity index (χ1v) is 7.27. The second-order valence-electron chi connectivity index (χ2n) is 5.72. The molecular weight excluding hydrogens is 276 g/mol. The average Bonchev–Trinajstić information content (AvgIpc) is 2.47. The minimum absolute atomic E-state index is 0.00966. The normalized spacial score (nSPS) is 19.8. The Bertz CT molecular complexity index is 754. The van der Waals surface area contributed by atoms with E-state index in [9.17, 15) is 9.59 Å². The van der Waals surface area contributed by atoms with Gasteiger partial charge in [-0.05, 0) is 31.5 Å². The molecule has 0 saturated carbocycles. The maximum absolute atomic E-state index is 12.5. The second kappa shape index (κ2) is 5.30. The fourth-order valence-electron chi connectivity index (χ4n) is 3.06. The summed E-state index contributed by atoms with van der Waals surface area (Å²) in [6, 6.07) is 15.1. The number of hydrogen-bond donors (Lipinski definition) is 2. The van der Waals surface area contributed by atoms with Crippen LogP contribution >= 0.6 is 0 Å². The summed E-state index contributed by atoms with van der Waals surface area (Å²) in [7, 11) is 0. The number of aryl methyl sites for hydroxylation is 1. The number of rotatable bonds is 3. The van der Waals surface area contributed by atoms with Gasteiger partial charge in [-0.1, -0.05) is 36.4 Å². The first-order valence-electron chi connectivity index (χ1n) is 7.27. The van der Waals surface area contributed by atoms with E-state index in [4.69, 9.17) is 0 Å². The van der Waals surface area contributed by atoms with Crippen LogP contribution in [0.2, 0.25) is 0 Å². The van der Waals surface area contributed by atoms with E-state index < -0.39 is 5.66 Å². The number of anilines is 1. The van der Waals surface area contributed by atoms with Crippen molar-refractivity contribution in [2.75, 3.05) is 5.32 Å². The van der Waals surface area contributed by atoms with Crippen molar-refractivity contribution in [2.45, 2.75) is 25.9 Å². The number of carbonyl (C=O) groups excluding carboxylic acids is 2. The standard InChI is InChI=1S/C18H18N2O2/c1-12-7-3-5-9-15(12)18(11-13(2)21)19-16-10-6-4-8-14(16)17(22)20-18/h3-10,19H,11H2,1-2H3,(H,20,22). The van der Waals surface area contributed by atoms with Crippen LogP contribution in [-0.4, -0.2) is 11.7 Å². The van der Waals surface area contributed by atoms with Gasteiger partial charge in [0, 0.05) is 11.3 Å². The molecule has 0 bridgehead atoms. The van der Waals surface area contributed by atoms with Gasteiger partial charge in [-0.2, -0.15) is 0 Å². The fourth-order valence-corrected chi connectivity index (χ4v) is 3.06. The summed E-state index contributed by atoms with van der Waals surface area (Å²) in [5, 5.41) is 6.38. The zero-order chi connectivity index (χ0) is 15.7. The van der Waals surface area contributed by atoms with E-state index in [1.807, 2.05) is 49.4 Å². The van der Waals surface area contributed by atoms with Gasteiger partial charge in [0.15, 0.2) is 0 Å². The lowest BCUT2D eigenvalue weighted by atomic mass is 9.87. The van der Waals surface area contributed by atoms with E-state index in [1.54, 1.807) is 6.07 Å². The highest BCUT2D eigenvalue weighted by Crippen LogP contribution is 2.35. The Morgan fingerprint density at radius 1 is 1.05 bits per heavy atom. The van der Waals surface area contributed by atoms with E-state index in [0.717, 1.165) is 16.8 Å². The van der Waals surface area contributed by atoms with E-state index >= 15 is 0 Å². The minimum Gasteiger partial charge on any atom is -0.358 e. The molecule has 0 fully saturated rings. The minimum atomic E-state index is -0.900. The van der Waals surface area contributed by atoms with Crippen LogP contribution in [0, 0.1) is 6.92 Å². The summed E-state index contributed by atoms with van der Waals surface area (Å²) >= 11 is 0. The molecular formula is C18H18N2O2. The maximum Gasteiger partial charge on any atom is 0.255 e. The van der Waals surface area contributed by atoms with E-state index in [-0.39, 0.29) is 18.1 Å². The van der Waals surface area contributed by atoms with Crippen molar-refractivity contribution in [2.24, 2.45) is 0 Å². The van der Waals surface area contributed by atoms with Gasteiger partial charge in [0.05, 0.1) is 12.0 Å². The van der Waals surface area contributed by atoms with Crippen LogP contribution in [-0.2, 0) is 10.5 Å². The molecule has 2 N–H and O–H groups in total. The summed E-state index contributed by atoms with van der Waals surface area (Å²) in [6.45, 7) is 3.51. The van der Waals surface area contributed by atoms with Crippen LogP contribution in [0.3, 0.4) is 0 Å². The molecule has 1 heterocycles. The Morgan fingerprint density at radius 3 is 2.45 bits per heavy atom. The van der Waals surface area contributed by atoms with Crippen molar-refractivity contribution in [3.63, 3.8) is 0 Å². The molecule has 1 atom stereocenters. The van der Waals surface area contributed by atoms with Gasteiger partial charge in [0.1, 0.15) is 11.4 Å². The van der Waals surface area contributed by atoms with Crippen molar-refractivity contribution < 1.29 is 9.59 Å². The Balaban J connectivity index is 2.16. The van der Waals surface area contributed by atoms with Crippen LogP contribution in [0.4, 0.5) is 5.69 Å². The molecule has 4 heteroatoms. The molecule has 2 aromatic rings. The van der Waals surface area contributed by atoms with Gasteiger partial charge in [-0.15, -0.1) is 0 Å². The maximum atomic E-state index is 12.5. The monoisotopic (exact) mass is 294 g/mol. The smallest absolute Gasteiger partial charge is 0.255 e. The highest BCUT2D eigenvalue weighted by molar-refractivity contribution is 6.02. The first-order chi connectivity index (χ1) is 10.5. The van der Waals surface area contributed by atoms with Crippen molar-refractivity contribution in [1.82, 2.24) is 5.32 Å². The Labute approximate surface area is 129 Å². The van der Waals surface area contributed by atoms with Gasteiger partial charge < -0.3 is 10.6 Å². The summed E-state index contributed by atoms with van der Waals surface area (Å²) in [5.74, 6) is -0.158. The van der Waals surface area contributed by atoms with Crippen LogP contribution in [0.5, 0.6) is 0 Å². The SMILES string of the molecule is CC(=O)CC1(c2ccccc2C)NC(=O)c2ccccc2N1. The average molecular weight is 294 g/mol. The van der Waals surface area contributed by atoms with Crippen molar-refractivity contribution in [1.29, 1.82) is 0 Å². The highest BCUT2D eigenvalue weighted by atomic mass is 16.2. The van der Waals surface area contributed by atoms with Crippen LogP contribution in [0.1, 0.15) is 34.8 Å². The van der Waals surface area contributed by atoms with Gasteiger partial charge in [0.2, 0.25) is 0 Å². The largest absolute Gasteiger partial charge is 0.358 e. The van der Waals surface area contributed by atoms with Gasteiger partial charge in [0.25, 0.3) is 5.91 Å². The third-order valence-corrected chi connectivity index (χ3v) is 3.97. The molecule has 22 heavy (non-hydrogen) atoms. The zero-order valence-electron chi connectivity index (χ0n) is 12.6. The number of carbonyl (C=O) groups is 2.